The molecule has 0 aliphatic carbocycles. The number of hydrogen-bond acceptors (Lipinski definition) is 6. The van der Waals surface area contributed by atoms with Gasteiger partial charge in [-0.2, -0.15) is 13.2 Å². The highest BCUT2D eigenvalue weighted by Crippen LogP contribution is 2.38. The molecule has 1 saturated heterocycles. The molecule has 0 saturated carbocycles. The summed E-state index contributed by atoms with van der Waals surface area (Å²) in [5, 5.41) is 2.65. The van der Waals surface area contributed by atoms with Gasteiger partial charge in [0.2, 0.25) is 5.92 Å². The molecule has 3 N–H and O–H groups in total. The Hall–Kier alpha value is -2.80. The van der Waals surface area contributed by atoms with E-state index in [2.05, 4.69) is 14.7 Å². The maximum atomic E-state index is 14.0. The number of amides is 1. The first-order chi connectivity index (χ1) is 17.7. The van der Waals surface area contributed by atoms with Crippen LogP contribution in [0.2, 0.25) is 0 Å². The second-order valence-corrected chi connectivity index (χ2v) is 11.7. The van der Waals surface area contributed by atoms with E-state index in [1.807, 2.05) is 0 Å². The summed E-state index contributed by atoms with van der Waals surface area (Å²) in [6.45, 7) is 3.07. The molecule has 0 bridgehead atoms. The lowest BCUT2D eigenvalue weighted by Crippen LogP contribution is -2.31. The maximum absolute atomic E-state index is 14.0. The van der Waals surface area contributed by atoms with Crippen LogP contribution in [-0.4, -0.2) is 53.5 Å². The zero-order chi connectivity index (χ0) is 28.3. The second-order valence-electron chi connectivity index (χ2n) is 9.38. The van der Waals surface area contributed by atoms with Crippen LogP contribution >= 0.6 is 0 Å². The van der Waals surface area contributed by atoms with Gasteiger partial charge in [0.1, 0.15) is 11.5 Å². The number of benzene rings is 1. The summed E-state index contributed by atoms with van der Waals surface area (Å²) < 4.78 is 86.6. The predicted octanol–water partition coefficient (Wildman–Crippen LogP) is 5.40. The molecule has 13 heteroatoms. The minimum Gasteiger partial charge on any atom is -0.356 e. The molecule has 0 radical (unpaired) electrons. The average molecular weight is 562 g/mol. The Labute approximate surface area is 219 Å². The van der Waals surface area contributed by atoms with Gasteiger partial charge in [0.05, 0.1) is 15.3 Å². The standard InChI is InChI=1S/C25H32F5N5O2S/c1-16-17(2)21(25(28,29)30)34-22(35-13-5-9-24(26,27)10-14-35)20(16)23(36)33-18-7-4-8-19(15-18)38(3,37)32-12-6-11-31/h4,7-8,15H,5-6,9-14,31H2,1-3H3,(H,33,36)/t38-/m1/s1. The number of aromatic nitrogens is 1. The number of hydrogen-bond donors (Lipinski definition) is 2. The summed E-state index contributed by atoms with van der Waals surface area (Å²) in [6.07, 6.45) is -3.70. The van der Waals surface area contributed by atoms with E-state index in [1.54, 1.807) is 18.2 Å². The van der Waals surface area contributed by atoms with Gasteiger partial charge in [-0.05, 0) is 62.6 Å². The highest BCUT2D eigenvalue weighted by Gasteiger charge is 2.39. The fraction of sp³-hybridized carbons (Fsp3) is 0.520. The number of rotatable bonds is 7. The van der Waals surface area contributed by atoms with Gasteiger partial charge < -0.3 is 16.0 Å². The van der Waals surface area contributed by atoms with Crippen LogP contribution in [0.5, 0.6) is 0 Å². The topological polar surface area (TPSA) is 101 Å². The van der Waals surface area contributed by atoms with Crippen molar-refractivity contribution < 1.29 is 31.0 Å². The molecule has 7 nitrogen and oxygen atoms in total. The lowest BCUT2D eigenvalue weighted by molar-refractivity contribution is -0.141. The zero-order valence-electron chi connectivity index (χ0n) is 21.5. The first kappa shape index (κ1) is 29.8. The van der Waals surface area contributed by atoms with Crippen LogP contribution in [0, 0.1) is 13.8 Å². The highest BCUT2D eigenvalue weighted by molar-refractivity contribution is 7.93. The van der Waals surface area contributed by atoms with Crippen molar-refractivity contribution in [3.05, 3.63) is 46.6 Å². The van der Waals surface area contributed by atoms with Crippen LogP contribution in [-0.2, 0) is 15.9 Å². The van der Waals surface area contributed by atoms with Crippen molar-refractivity contribution in [2.75, 3.05) is 42.7 Å². The third-order valence-electron chi connectivity index (χ3n) is 6.48. The number of nitrogens with one attached hydrogen (secondary N) is 1. The van der Waals surface area contributed by atoms with Gasteiger partial charge >= 0.3 is 6.18 Å². The number of halogens is 5. The van der Waals surface area contributed by atoms with Crippen LogP contribution in [0.3, 0.4) is 0 Å². The molecular weight excluding hydrogens is 529 g/mol. The molecule has 1 atom stereocenters. The first-order valence-corrected chi connectivity index (χ1v) is 14.1. The summed E-state index contributed by atoms with van der Waals surface area (Å²) in [7, 11) is -2.78. The van der Waals surface area contributed by atoms with Crippen LogP contribution in [0.25, 0.3) is 0 Å². The Balaban J connectivity index is 2.04. The number of nitrogens with zero attached hydrogens (tertiary/aromatic N) is 3. The summed E-state index contributed by atoms with van der Waals surface area (Å²) >= 11 is 0. The van der Waals surface area contributed by atoms with Crippen LogP contribution in [0.15, 0.2) is 33.5 Å². The quantitative estimate of drug-likeness (QED) is 0.348. The molecule has 1 fully saturated rings. The van der Waals surface area contributed by atoms with E-state index in [4.69, 9.17) is 5.73 Å². The maximum Gasteiger partial charge on any atom is 0.433 e. The van der Waals surface area contributed by atoms with Crippen molar-refractivity contribution in [2.24, 2.45) is 10.1 Å². The molecule has 3 rings (SSSR count). The minimum atomic E-state index is -4.79. The van der Waals surface area contributed by atoms with E-state index in [0.717, 1.165) is 0 Å². The van der Waals surface area contributed by atoms with E-state index < -0.39 is 46.3 Å². The second kappa shape index (κ2) is 11.5. The average Bonchev–Trinajstić information content (AvgIpc) is 3.00. The Morgan fingerprint density at radius 1 is 1.21 bits per heavy atom. The van der Waals surface area contributed by atoms with Gasteiger partial charge in [-0.25, -0.2) is 22.3 Å². The molecule has 0 spiro atoms. The van der Waals surface area contributed by atoms with Crippen molar-refractivity contribution >= 4 is 27.1 Å². The normalized spacial score (nSPS) is 17.4. The molecule has 1 amide bonds. The van der Waals surface area contributed by atoms with Crippen molar-refractivity contribution in [3.8, 4) is 0 Å². The summed E-state index contributed by atoms with van der Waals surface area (Å²) in [5.74, 6) is -3.99. The van der Waals surface area contributed by atoms with E-state index in [1.165, 1.54) is 31.1 Å². The monoisotopic (exact) mass is 561 g/mol. The summed E-state index contributed by atoms with van der Waals surface area (Å²) in [6, 6.07) is 6.20. The smallest absolute Gasteiger partial charge is 0.356 e. The van der Waals surface area contributed by atoms with Crippen molar-refractivity contribution in [2.45, 2.75) is 56.5 Å². The number of nitrogens with two attached hydrogens (primary N) is 1. The van der Waals surface area contributed by atoms with Crippen molar-refractivity contribution in [3.63, 3.8) is 0 Å². The first-order valence-electron chi connectivity index (χ1n) is 12.2. The van der Waals surface area contributed by atoms with E-state index in [9.17, 15) is 31.0 Å². The number of alkyl halides is 5. The Kier molecular flexibility index (Phi) is 9.02. The number of anilines is 2. The molecule has 1 aliphatic heterocycles. The van der Waals surface area contributed by atoms with E-state index >= 15 is 0 Å². The van der Waals surface area contributed by atoms with Crippen molar-refractivity contribution in [1.29, 1.82) is 0 Å². The molecule has 38 heavy (non-hydrogen) atoms. The van der Waals surface area contributed by atoms with Gasteiger partial charge in [-0.15, -0.1) is 0 Å². The molecular formula is C25H32F5N5O2S. The number of carbonyl (C=O) groups is 1. The predicted molar refractivity (Wildman–Crippen MR) is 137 cm³/mol. The van der Waals surface area contributed by atoms with Gasteiger partial charge in [-0.3, -0.25) is 4.79 Å². The largest absolute Gasteiger partial charge is 0.433 e. The minimum absolute atomic E-state index is 0.0281. The third-order valence-corrected chi connectivity index (χ3v) is 8.28. The van der Waals surface area contributed by atoms with E-state index in [0.29, 0.717) is 24.4 Å². The summed E-state index contributed by atoms with van der Waals surface area (Å²) in [5.41, 5.74) is 4.24. The van der Waals surface area contributed by atoms with E-state index in [-0.39, 0.29) is 47.7 Å². The number of pyridine rings is 1. The Morgan fingerprint density at radius 3 is 2.58 bits per heavy atom. The lowest BCUT2D eigenvalue weighted by atomic mass is 10.0. The SMILES string of the molecule is Cc1c(C(F)(F)F)nc(N2CCCC(F)(F)CC2)c(C(=O)Nc2cccc([S@@](C)(=O)=NCCCN)c2)c1C. The molecule has 0 unspecified atom stereocenters. The third kappa shape index (κ3) is 6.99. The van der Waals surface area contributed by atoms with Gasteiger partial charge in [0.15, 0.2) is 0 Å². The van der Waals surface area contributed by atoms with Crippen molar-refractivity contribution in [1.82, 2.24) is 4.98 Å². The molecule has 2 aromatic rings. The Bertz CT molecular complexity index is 1310. The number of carbonyl (C=O) groups excluding carboxylic acids is 1. The van der Waals surface area contributed by atoms with Gasteiger partial charge in [0, 0.05) is 49.3 Å². The lowest BCUT2D eigenvalue weighted by Gasteiger charge is -2.27. The molecule has 1 aliphatic rings. The Morgan fingerprint density at radius 2 is 1.92 bits per heavy atom. The van der Waals surface area contributed by atoms with Crippen LogP contribution < -0.4 is 16.0 Å². The molecule has 2 heterocycles. The fourth-order valence-electron chi connectivity index (χ4n) is 4.24. The molecule has 1 aromatic heterocycles. The fourth-order valence-corrected chi connectivity index (χ4v) is 5.54. The molecule has 210 valence electrons. The highest BCUT2D eigenvalue weighted by atomic mass is 32.2. The van der Waals surface area contributed by atoms with Gasteiger partial charge in [-0.1, -0.05) is 6.07 Å². The van der Waals surface area contributed by atoms with Crippen LogP contribution in [0.1, 0.15) is 52.9 Å². The van der Waals surface area contributed by atoms with Gasteiger partial charge in [0.25, 0.3) is 5.91 Å². The zero-order valence-corrected chi connectivity index (χ0v) is 22.3. The molecule has 1 aromatic carbocycles. The van der Waals surface area contributed by atoms with Crippen LogP contribution in [0.4, 0.5) is 33.5 Å². The summed E-state index contributed by atoms with van der Waals surface area (Å²) in [4.78, 5) is 19.0.